The molecule has 7 heteroatoms. The first kappa shape index (κ1) is 17.3. The van der Waals surface area contributed by atoms with Gasteiger partial charge in [0.2, 0.25) is 5.13 Å². The molecule has 1 N–H and O–H groups in total. The van der Waals surface area contributed by atoms with Gasteiger partial charge in [0.15, 0.2) is 0 Å². The smallest absolute Gasteiger partial charge is 0.249 e. The summed E-state index contributed by atoms with van der Waals surface area (Å²) < 4.78 is 4.26. The van der Waals surface area contributed by atoms with Gasteiger partial charge in [-0.2, -0.15) is 4.37 Å². The Bertz CT molecular complexity index is 664. The Kier molecular flexibility index (Phi) is 6.04. The van der Waals surface area contributed by atoms with Crippen LogP contribution >= 0.6 is 11.5 Å². The lowest BCUT2D eigenvalue weighted by Crippen LogP contribution is -2.21. The lowest BCUT2D eigenvalue weighted by molar-refractivity contribution is 0.476. The van der Waals surface area contributed by atoms with Crippen molar-refractivity contribution in [2.24, 2.45) is 16.1 Å². The third-order valence-corrected chi connectivity index (χ3v) is 4.02. The van der Waals surface area contributed by atoms with Crippen LogP contribution in [-0.4, -0.2) is 27.6 Å². The molecule has 0 unspecified atom stereocenters. The van der Waals surface area contributed by atoms with Crippen molar-refractivity contribution in [1.29, 1.82) is 0 Å². The predicted octanol–water partition coefficient (Wildman–Crippen LogP) is 4.70. The number of nitrogens with zero attached hydrogens (tertiary/aromatic N) is 5. The number of phenols is 1. The van der Waals surface area contributed by atoms with E-state index in [1.54, 1.807) is 12.1 Å². The van der Waals surface area contributed by atoms with Gasteiger partial charge in [0.1, 0.15) is 17.3 Å². The van der Waals surface area contributed by atoms with Gasteiger partial charge in [0, 0.05) is 42.8 Å². The molecule has 0 amide bonds. The first-order chi connectivity index (χ1) is 11.0. The van der Waals surface area contributed by atoms with E-state index in [-0.39, 0.29) is 5.75 Å². The summed E-state index contributed by atoms with van der Waals surface area (Å²) in [5, 5.41) is 18.8. The summed E-state index contributed by atoms with van der Waals surface area (Å²) in [6, 6.07) is 5.42. The monoisotopic (exact) mass is 333 g/mol. The highest BCUT2D eigenvalue weighted by atomic mass is 32.1. The van der Waals surface area contributed by atoms with E-state index in [0.29, 0.717) is 16.7 Å². The second-order valence-electron chi connectivity index (χ2n) is 5.64. The predicted molar refractivity (Wildman–Crippen MR) is 94.3 cm³/mol. The van der Waals surface area contributed by atoms with Gasteiger partial charge in [-0.05, 0) is 31.9 Å². The average Bonchev–Trinajstić information content (AvgIpc) is 2.94. The highest BCUT2D eigenvalue weighted by Crippen LogP contribution is 2.32. The molecule has 0 aliphatic rings. The van der Waals surface area contributed by atoms with Crippen molar-refractivity contribution in [1.82, 2.24) is 9.36 Å². The molecule has 0 bridgehead atoms. The fourth-order valence-electron chi connectivity index (χ4n) is 2.21. The van der Waals surface area contributed by atoms with Crippen molar-refractivity contribution in [2.75, 3.05) is 18.0 Å². The minimum atomic E-state index is 0.116. The average molecular weight is 333 g/mol. The molecule has 23 heavy (non-hydrogen) atoms. The van der Waals surface area contributed by atoms with Gasteiger partial charge in [0.25, 0.3) is 0 Å². The molecule has 124 valence electrons. The van der Waals surface area contributed by atoms with Crippen LogP contribution in [0.1, 0.15) is 33.5 Å². The Morgan fingerprint density at radius 3 is 2.57 bits per heavy atom. The number of aromatic nitrogens is 2. The summed E-state index contributed by atoms with van der Waals surface area (Å²) in [5.41, 5.74) is 1.41. The van der Waals surface area contributed by atoms with Crippen molar-refractivity contribution in [2.45, 2.75) is 34.1 Å². The number of hydrogen-bond acceptors (Lipinski definition) is 7. The molecule has 0 saturated carbocycles. The van der Waals surface area contributed by atoms with E-state index in [1.165, 1.54) is 11.5 Å². The maximum atomic E-state index is 10.1. The van der Waals surface area contributed by atoms with Gasteiger partial charge >= 0.3 is 0 Å². The van der Waals surface area contributed by atoms with E-state index in [4.69, 9.17) is 0 Å². The minimum absolute atomic E-state index is 0.116. The first-order valence-electron chi connectivity index (χ1n) is 7.85. The topological polar surface area (TPSA) is 74.0 Å². The summed E-state index contributed by atoms with van der Waals surface area (Å²) in [6.45, 7) is 10.2. The second kappa shape index (κ2) is 8.01. The molecule has 0 radical (unpaired) electrons. The number of benzene rings is 1. The molecule has 0 aliphatic heterocycles. The molecule has 1 aromatic carbocycles. The van der Waals surface area contributed by atoms with Gasteiger partial charge in [-0.15, -0.1) is 10.2 Å². The molecule has 0 saturated heterocycles. The van der Waals surface area contributed by atoms with Crippen LogP contribution in [0.5, 0.6) is 5.75 Å². The summed E-state index contributed by atoms with van der Waals surface area (Å²) >= 11 is 1.22. The highest BCUT2D eigenvalue weighted by Gasteiger charge is 2.08. The van der Waals surface area contributed by atoms with Crippen LogP contribution in [-0.2, 0) is 6.42 Å². The zero-order valence-electron chi connectivity index (χ0n) is 14.0. The van der Waals surface area contributed by atoms with Gasteiger partial charge in [-0.3, -0.25) is 0 Å². The van der Waals surface area contributed by atoms with Crippen LogP contribution in [0.15, 0.2) is 28.4 Å². The number of azo groups is 1. The zero-order valence-corrected chi connectivity index (χ0v) is 14.8. The molecule has 2 aromatic rings. The number of hydrogen-bond donors (Lipinski definition) is 1. The highest BCUT2D eigenvalue weighted by molar-refractivity contribution is 7.09. The molecule has 0 atom stereocenters. The van der Waals surface area contributed by atoms with Crippen molar-refractivity contribution in [3.05, 3.63) is 24.0 Å². The third kappa shape index (κ3) is 4.72. The summed E-state index contributed by atoms with van der Waals surface area (Å²) in [5.74, 6) is 1.41. The number of anilines is 1. The fourth-order valence-corrected chi connectivity index (χ4v) is 2.74. The fraction of sp³-hybridized carbons (Fsp3) is 0.500. The van der Waals surface area contributed by atoms with E-state index in [2.05, 4.69) is 52.2 Å². The van der Waals surface area contributed by atoms with Crippen LogP contribution in [0.2, 0.25) is 0 Å². The van der Waals surface area contributed by atoms with E-state index in [1.807, 2.05) is 6.07 Å². The standard InChI is InChI=1S/C16H23N5OS/c1-5-21(6-2)12-7-8-13(14(22)10-12)18-19-16-17-15(20-23-16)9-11(3)4/h7-8,10-11,22H,5-6,9H2,1-4H3. The molecule has 2 rings (SSSR count). The molecule has 0 aliphatic carbocycles. The zero-order chi connectivity index (χ0) is 16.8. The van der Waals surface area contributed by atoms with Gasteiger partial charge in [0.05, 0.1) is 0 Å². The van der Waals surface area contributed by atoms with Gasteiger partial charge in [-0.1, -0.05) is 13.8 Å². The minimum Gasteiger partial charge on any atom is -0.506 e. The molecular weight excluding hydrogens is 310 g/mol. The molecule has 6 nitrogen and oxygen atoms in total. The molecule has 1 heterocycles. The maximum absolute atomic E-state index is 10.1. The van der Waals surface area contributed by atoms with Gasteiger partial charge in [-0.25, -0.2) is 4.98 Å². The SMILES string of the molecule is CCN(CC)c1ccc(N=Nc2nc(CC(C)C)ns2)c(O)c1. The molecule has 0 spiro atoms. The Balaban J connectivity index is 2.12. The quantitative estimate of drug-likeness (QED) is 0.745. The van der Waals surface area contributed by atoms with E-state index in [0.717, 1.165) is 31.0 Å². The van der Waals surface area contributed by atoms with E-state index in [9.17, 15) is 5.11 Å². The maximum Gasteiger partial charge on any atom is 0.249 e. The number of aromatic hydroxyl groups is 1. The summed E-state index contributed by atoms with van der Waals surface area (Å²) in [4.78, 5) is 6.48. The van der Waals surface area contributed by atoms with Gasteiger partial charge < -0.3 is 10.0 Å². The molecule has 0 fully saturated rings. The third-order valence-electron chi connectivity index (χ3n) is 3.38. The van der Waals surface area contributed by atoms with E-state index < -0.39 is 0 Å². The van der Waals surface area contributed by atoms with Crippen molar-refractivity contribution >= 4 is 28.0 Å². The Labute approximate surface area is 141 Å². The van der Waals surface area contributed by atoms with Crippen molar-refractivity contribution in [3.63, 3.8) is 0 Å². The molecule has 1 aromatic heterocycles. The second-order valence-corrected chi connectivity index (χ2v) is 6.37. The number of phenolic OH excluding ortho intramolecular Hbond substituents is 1. The van der Waals surface area contributed by atoms with E-state index >= 15 is 0 Å². The van der Waals surface area contributed by atoms with Crippen LogP contribution in [0.25, 0.3) is 0 Å². The van der Waals surface area contributed by atoms with Crippen molar-refractivity contribution in [3.8, 4) is 5.75 Å². The van der Waals surface area contributed by atoms with Crippen LogP contribution in [0.4, 0.5) is 16.5 Å². The first-order valence-corrected chi connectivity index (χ1v) is 8.63. The van der Waals surface area contributed by atoms with Crippen LogP contribution in [0.3, 0.4) is 0 Å². The summed E-state index contributed by atoms with van der Waals surface area (Å²) in [7, 11) is 0. The van der Waals surface area contributed by atoms with Crippen LogP contribution < -0.4 is 4.90 Å². The normalized spacial score (nSPS) is 11.5. The number of rotatable bonds is 7. The Morgan fingerprint density at radius 1 is 1.22 bits per heavy atom. The molecular formula is C16H23N5OS. The Morgan fingerprint density at radius 2 is 1.96 bits per heavy atom. The summed E-state index contributed by atoms with van der Waals surface area (Å²) in [6.07, 6.45) is 0.829. The Hall–Kier alpha value is -2.02. The largest absolute Gasteiger partial charge is 0.506 e. The van der Waals surface area contributed by atoms with Crippen molar-refractivity contribution < 1.29 is 5.11 Å². The lowest BCUT2D eigenvalue weighted by Gasteiger charge is -2.21. The van der Waals surface area contributed by atoms with Crippen LogP contribution in [0, 0.1) is 5.92 Å². The lowest BCUT2D eigenvalue weighted by atomic mass is 10.1.